The molecule has 0 saturated carbocycles. The molecule has 0 aromatic heterocycles. The maximum Gasteiger partial charge on any atom is 0.270 e. The van der Waals surface area contributed by atoms with Crippen LogP contribution < -0.4 is 10.9 Å². The minimum atomic E-state index is -0.621. The molecule has 0 fully saturated rings. The van der Waals surface area contributed by atoms with E-state index in [0.717, 1.165) is 16.5 Å². The topological polar surface area (TPSA) is 101 Å². The van der Waals surface area contributed by atoms with E-state index in [9.17, 15) is 19.7 Å². The molecule has 0 aliphatic rings. The predicted octanol–water partition coefficient (Wildman–Crippen LogP) is 2.85. The van der Waals surface area contributed by atoms with Gasteiger partial charge in [-0.25, -0.2) is 0 Å². The molecule has 8 heteroatoms. The fraction of sp³-hybridized carbons (Fsp3) is 0.176. The number of hydrogen-bond donors (Lipinski definition) is 2. The van der Waals surface area contributed by atoms with Crippen molar-refractivity contribution in [3.63, 3.8) is 0 Å². The average molecular weight is 359 g/mol. The molecule has 7 nitrogen and oxygen atoms in total. The quantitative estimate of drug-likeness (QED) is 0.486. The Hall–Kier alpha value is -2.87. The lowest BCUT2D eigenvalue weighted by Gasteiger charge is -2.13. The lowest BCUT2D eigenvalue weighted by atomic mass is 10.2. The van der Waals surface area contributed by atoms with E-state index in [-0.39, 0.29) is 17.2 Å². The lowest BCUT2D eigenvalue weighted by molar-refractivity contribution is -0.384. The van der Waals surface area contributed by atoms with Gasteiger partial charge in [0.05, 0.1) is 10.2 Å². The van der Waals surface area contributed by atoms with Crippen LogP contribution in [0.5, 0.6) is 0 Å². The zero-order valence-electron chi connectivity index (χ0n) is 13.7. The number of benzene rings is 2. The van der Waals surface area contributed by atoms with Crippen molar-refractivity contribution >= 4 is 29.3 Å². The van der Waals surface area contributed by atoms with Crippen molar-refractivity contribution in [2.45, 2.75) is 24.0 Å². The van der Waals surface area contributed by atoms with Crippen molar-refractivity contribution in [2.75, 3.05) is 0 Å². The highest BCUT2D eigenvalue weighted by Gasteiger charge is 2.16. The van der Waals surface area contributed by atoms with Gasteiger partial charge in [-0.1, -0.05) is 23.8 Å². The van der Waals surface area contributed by atoms with E-state index in [4.69, 9.17) is 0 Å². The van der Waals surface area contributed by atoms with Gasteiger partial charge < -0.3 is 0 Å². The summed E-state index contributed by atoms with van der Waals surface area (Å²) < 4.78 is 0. The minimum absolute atomic E-state index is 0.0911. The van der Waals surface area contributed by atoms with E-state index in [1.165, 1.54) is 30.0 Å². The van der Waals surface area contributed by atoms with Crippen LogP contribution >= 0.6 is 11.8 Å². The Balaban J connectivity index is 1.90. The molecule has 2 rings (SSSR count). The second kappa shape index (κ2) is 8.29. The first-order valence-corrected chi connectivity index (χ1v) is 8.33. The maximum atomic E-state index is 12.1. The molecule has 2 aromatic carbocycles. The van der Waals surface area contributed by atoms with Gasteiger partial charge in [-0.2, -0.15) is 0 Å². The van der Waals surface area contributed by atoms with Crippen LogP contribution in [0.2, 0.25) is 0 Å². The molecule has 2 aromatic rings. The number of non-ortho nitro benzene ring substituents is 1. The summed E-state index contributed by atoms with van der Waals surface area (Å²) in [5, 5.41) is 10.3. The molecule has 0 heterocycles. The first kappa shape index (κ1) is 18.5. The molecule has 2 N–H and O–H groups in total. The van der Waals surface area contributed by atoms with Crippen LogP contribution in [-0.2, 0) is 4.79 Å². The van der Waals surface area contributed by atoms with Gasteiger partial charge in [0.2, 0.25) is 0 Å². The summed E-state index contributed by atoms with van der Waals surface area (Å²) in [7, 11) is 0. The predicted molar refractivity (Wildman–Crippen MR) is 95.2 cm³/mol. The number of carbonyl (C=O) groups is 2. The molecule has 0 saturated heterocycles. The number of nitro benzene ring substituents is 1. The number of amides is 2. The number of aryl methyl sites for hydroxylation is 1. The van der Waals surface area contributed by atoms with Gasteiger partial charge >= 0.3 is 0 Å². The highest BCUT2D eigenvalue weighted by atomic mass is 32.2. The van der Waals surface area contributed by atoms with Gasteiger partial charge in [0.1, 0.15) is 0 Å². The number of nitrogens with one attached hydrogen (secondary N) is 2. The Morgan fingerprint density at radius 2 is 1.80 bits per heavy atom. The molecule has 0 bridgehead atoms. The summed E-state index contributed by atoms with van der Waals surface area (Å²) in [5.74, 6) is -0.992. The molecule has 25 heavy (non-hydrogen) atoms. The summed E-state index contributed by atoms with van der Waals surface area (Å²) in [6.45, 7) is 3.70. The van der Waals surface area contributed by atoms with Crippen LogP contribution in [0.3, 0.4) is 0 Å². The summed E-state index contributed by atoms with van der Waals surface area (Å²) in [6.07, 6.45) is 0. The van der Waals surface area contributed by atoms with Crippen molar-refractivity contribution in [1.29, 1.82) is 0 Å². The molecular formula is C17H17N3O4S. The Bertz CT molecular complexity index is 793. The Morgan fingerprint density at radius 3 is 2.44 bits per heavy atom. The highest BCUT2D eigenvalue weighted by Crippen LogP contribution is 2.23. The average Bonchev–Trinajstić information content (AvgIpc) is 2.61. The van der Waals surface area contributed by atoms with E-state index >= 15 is 0 Å². The normalized spacial score (nSPS) is 11.4. The second-order valence-electron chi connectivity index (χ2n) is 5.32. The molecule has 130 valence electrons. The van der Waals surface area contributed by atoms with E-state index in [1.54, 1.807) is 6.92 Å². The van der Waals surface area contributed by atoms with Gasteiger partial charge in [-0.3, -0.25) is 30.6 Å². The first-order chi connectivity index (χ1) is 11.9. The third kappa shape index (κ3) is 5.32. The van der Waals surface area contributed by atoms with Crippen molar-refractivity contribution < 1.29 is 14.5 Å². The van der Waals surface area contributed by atoms with Gasteiger partial charge in [-0.05, 0) is 32.0 Å². The molecule has 0 unspecified atom stereocenters. The summed E-state index contributed by atoms with van der Waals surface area (Å²) in [6, 6.07) is 13.0. The van der Waals surface area contributed by atoms with Crippen molar-refractivity contribution in [1.82, 2.24) is 10.9 Å². The van der Waals surface area contributed by atoms with E-state index in [2.05, 4.69) is 10.9 Å². The van der Waals surface area contributed by atoms with E-state index in [0.29, 0.717) is 0 Å². The third-order valence-corrected chi connectivity index (χ3v) is 4.43. The van der Waals surface area contributed by atoms with Crippen molar-refractivity contribution in [2.24, 2.45) is 0 Å². The van der Waals surface area contributed by atoms with Crippen LogP contribution in [-0.4, -0.2) is 22.0 Å². The fourth-order valence-electron chi connectivity index (χ4n) is 1.93. The van der Waals surface area contributed by atoms with E-state index in [1.807, 2.05) is 31.2 Å². The van der Waals surface area contributed by atoms with Crippen LogP contribution in [0.25, 0.3) is 0 Å². The Labute approximate surface area is 148 Å². The smallest absolute Gasteiger partial charge is 0.270 e. The van der Waals surface area contributed by atoms with Gasteiger partial charge in [0.25, 0.3) is 17.5 Å². The zero-order valence-corrected chi connectivity index (χ0v) is 14.5. The third-order valence-electron chi connectivity index (χ3n) is 3.32. The maximum absolute atomic E-state index is 12.1. The molecule has 2 amide bonds. The zero-order chi connectivity index (χ0) is 18.4. The number of thioether (sulfide) groups is 1. The monoisotopic (exact) mass is 359 g/mol. The SMILES string of the molecule is Cc1ccc(S[C@@H](C)C(=O)NNC(=O)c2cccc([N+](=O)[O-])c2)cc1. The van der Waals surface area contributed by atoms with Crippen LogP contribution in [0.4, 0.5) is 5.69 Å². The lowest BCUT2D eigenvalue weighted by Crippen LogP contribution is -2.44. The van der Waals surface area contributed by atoms with Crippen LogP contribution in [0, 0.1) is 17.0 Å². The number of nitrogens with zero attached hydrogens (tertiary/aromatic N) is 1. The number of carbonyl (C=O) groups excluding carboxylic acids is 2. The molecular weight excluding hydrogens is 342 g/mol. The largest absolute Gasteiger partial charge is 0.272 e. The molecule has 0 aliphatic carbocycles. The summed E-state index contributed by atoms with van der Waals surface area (Å²) in [4.78, 5) is 35.1. The van der Waals surface area contributed by atoms with Crippen LogP contribution in [0.15, 0.2) is 53.4 Å². The minimum Gasteiger partial charge on any atom is -0.272 e. The summed E-state index contributed by atoms with van der Waals surface area (Å²) >= 11 is 1.36. The van der Waals surface area contributed by atoms with Gasteiger partial charge in [-0.15, -0.1) is 11.8 Å². The fourth-order valence-corrected chi connectivity index (χ4v) is 2.79. The molecule has 1 atom stereocenters. The number of hydrazine groups is 1. The number of rotatable bonds is 5. The molecule has 0 radical (unpaired) electrons. The molecule has 0 spiro atoms. The van der Waals surface area contributed by atoms with Crippen molar-refractivity contribution in [3.05, 3.63) is 69.8 Å². The first-order valence-electron chi connectivity index (χ1n) is 7.45. The van der Waals surface area contributed by atoms with Crippen LogP contribution in [0.1, 0.15) is 22.8 Å². The van der Waals surface area contributed by atoms with Gasteiger partial charge in [0.15, 0.2) is 0 Å². The number of hydrogen-bond acceptors (Lipinski definition) is 5. The van der Waals surface area contributed by atoms with Crippen molar-refractivity contribution in [3.8, 4) is 0 Å². The standard InChI is InChI=1S/C17H17N3O4S/c1-11-6-8-15(9-7-11)25-12(2)16(21)18-19-17(22)13-4-3-5-14(10-13)20(23)24/h3-10,12H,1-2H3,(H,18,21)(H,19,22)/t12-/m0/s1. The number of nitro groups is 1. The van der Waals surface area contributed by atoms with E-state index < -0.39 is 16.1 Å². The summed E-state index contributed by atoms with van der Waals surface area (Å²) in [5.41, 5.74) is 5.63. The highest BCUT2D eigenvalue weighted by molar-refractivity contribution is 8.00. The second-order valence-corrected chi connectivity index (χ2v) is 6.74. The van der Waals surface area contributed by atoms with Gasteiger partial charge in [0, 0.05) is 22.6 Å². The Kier molecular flexibility index (Phi) is 6.13. The molecule has 0 aliphatic heterocycles. The Morgan fingerprint density at radius 1 is 1.12 bits per heavy atom.